The molecule has 28 heavy (non-hydrogen) atoms. The van der Waals surface area contributed by atoms with Crippen LogP contribution in [0.3, 0.4) is 0 Å². The van der Waals surface area contributed by atoms with E-state index in [4.69, 9.17) is 0 Å². The molecule has 2 aromatic carbocycles. The van der Waals surface area contributed by atoms with Crippen molar-refractivity contribution in [3.8, 4) is 0 Å². The molecule has 1 atom stereocenters. The van der Waals surface area contributed by atoms with Gasteiger partial charge >= 0.3 is 0 Å². The molecule has 0 spiro atoms. The lowest BCUT2D eigenvalue weighted by Gasteiger charge is -2.21. The maximum Gasteiger partial charge on any atom is 0.242 e. The third-order valence-electron chi connectivity index (χ3n) is 4.74. The van der Waals surface area contributed by atoms with Crippen LogP contribution in [0, 0.1) is 0 Å². The highest BCUT2D eigenvalue weighted by Crippen LogP contribution is 2.19. The van der Waals surface area contributed by atoms with E-state index in [0.29, 0.717) is 19.5 Å². The molecular weight excluding hydrogens is 352 g/mol. The zero-order valence-electron chi connectivity index (χ0n) is 16.2. The Bertz CT molecular complexity index is 936. The Labute approximate surface area is 164 Å². The van der Waals surface area contributed by atoms with Gasteiger partial charge in [-0.05, 0) is 23.8 Å². The summed E-state index contributed by atoms with van der Waals surface area (Å²) in [5.41, 5.74) is 3.11. The molecule has 3 aromatic rings. The van der Waals surface area contributed by atoms with Crippen molar-refractivity contribution in [2.75, 3.05) is 25.0 Å². The molecule has 1 heterocycles. The molecule has 0 radical (unpaired) electrons. The van der Waals surface area contributed by atoms with Crippen LogP contribution in [0.2, 0.25) is 0 Å². The highest BCUT2D eigenvalue weighted by atomic mass is 16.2. The summed E-state index contributed by atoms with van der Waals surface area (Å²) in [4.78, 5) is 29.6. The summed E-state index contributed by atoms with van der Waals surface area (Å²) in [7, 11) is 1.98. The van der Waals surface area contributed by atoms with Crippen molar-refractivity contribution >= 4 is 28.4 Å². The number of fused-ring (bicyclic) bond motifs is 1. The van der Waals surface area contributed by atoms with Gasteiger partial charge in [-0.1, -0.05) is 36.4 Å². The molecule has 0 aliphatic carbocycles. The van der Waals surface area contributed by atoms with Crippen LogP contribution in [-0.4, -0.2) is 43.0 Å². The molecule has 2 amide bonds. The van der Waals surface area contributed by atoms with Crippen molar-refractivity contribution < 1.29 is 9.59 Å². The number of carbonyl (C=O) groups excluding carboxylic acids is 2. The summed E-state index contributed by atoms with van der Waals surface area (Å²) in [5.74, 6) is -0.400. The first-order valence-corrected chi connectivity index (χ1v) is 9.40. The van der Waals surface area contributed by atoms with Gasteiger partial charge in [0.25, 0.3) is 0 Å². The lowest BCUT2D eigenvalue weighted by atomic mass is 10.0. The summed E-state index contributed by atoms with van der Waals surface area (Å²) in [5, 5.41) is 6.78. The van der Waals surface area contributed by atoms with Crippen molar-refractivity contribution in [3.63, 3.8) is 0 Å². The second-order valence-corrected chi connectivity index (χ2v) is 6.86. The number of carbonyl (C=O) groups is 2. The quantitative estimate of drug-likeness (QED) is 0.564. The highest BCUT2D eigenvalue weighted by molar-refractivity contribution is 5.89. The minimum atomic E-state index is -0.612. The molecule has 6 heteroatoms. The first kappa shape index (κ1) is 19.5. The number of hydrogen-bond donors (Lipinski definition) is 3. The molecule has 0 aliphatic rings. The number of aromatic nitrogens is 1. The molecule has 0 aliphatic heterocycles. The van der Waals surface area contributed by atoms with Crippen molar-refractivity contribution in [2.45, 2.75) is 19.4 Å². The van der Waals surface area contributed by atoms with E-state index < -0.39 is 6.04 Å². The van der Waals surface area contributed by atoms with E-state index in [-0.39, 0.29) is 11.8 Å². The van der Waals surface area contributed by atoms with Crippen LogP contribution in [0.1, 0.15) is 12.5 Å². The van der Waals surface area contributed by atoms with Crippen LogP contribution in [0.5, 0.6) is 0 Å². The Morgan fingerprint density at radius 1 is 1.07 bits per heavy atom. The van der Waals surface area contributed by atoms with E-state index >= 15 is 0 Å². The van der Waals surface area contributed by atoms with Crippen molar-refractivity contribution in [2.24, 2.45) is 0 Å². The number of rotatable bonds is 8. The number of para-hydroxylation sites is 2. The van der Waals surface area contributed by atoms with Crippen LogP contribution >= 0.6 is 0 Å². The Hall–Kier alpha value is -3.28. The normalized spacial score (nSPS) is 11.8. The van der Waals surface area contributed by atoms with Gasteiger partial charge in [-0.3, -0.25) is 9.59 Å². The van der Waals surface area contributed by atoms with Crippen LogP contribution in [0.4, 0.5) is 5.69 Å². The van der Waals surface area contributed by atoms with E-state index in [1.165, 1.54) is 6.92 Å². The van der Waals surface area contributed by atoms with Gasteiger partial charge in [-0.25, -0.2) is 0 Å². The molecule has 0 fully saturated rings. The number of hydrogen-bond acceptors (Lipinski definition) is 3. The van der Waals surface area contributed by atoms with Gasteiger partial charge in [0, 0.05) is 56.3 Å². The van der Waals surface area contributed by atoms with Crippen LogP contribution in [-0.2, 0) is 16.0 Å². The molecule has 0 bridgehead atoms. The Morgan fingerprint density at radius 2 is 1.79 bits per heavy atom. The number of amides is 2. The van der Waals surface area contributed by atoms with E-state index in [2.05, 4.69) is 20.5 Å². The average molecular weight is 378 g/mol. The van der Waals surface area contributed by atoms with E-state index in [9.17, 15) is 9.59 Å². The van der Waals surface area contributed by atoms with Gasteiger partial charge in [-0.15, -0.1) is 0 Å². The third-order valence-corrected chi connectivity index (χ3v) is 4.74. The number of nitrogens with one attached hydrogen (secondary N) is 3. The van der Waals surface area contributed by atoms with E-state index in [1.54, 1.807) is 0 Å². The third kappa shape index (κ3) is 4.91. The van der Waals surface area contributed by atoms with Gasteiger partial charge in [0.1, 0.15) is 6.04 Å². The Morgan fingerprint density at radius 3 is 2.54 bits per heavy atom. The monoisotopic (exact) mass is 378 g/mol. The Kier molecular flexibility index (Phi) is 6.32. The van der Waals surface area contributed by atoms with Gasteiger partial charge in [0.2, 0.25) is 11.8 Å². The molecule has 3 N–H and O–H groups in total. The van der Waals surface area contributed by atoms with Crippen LogP contribution in [0.25, 0.3) is 10.9 Å². The maximum atomic E-state index is 12.7. The lowest BCUT2D eigenvalue weighted by molar-refractivity contribution is -0.128. The number of benzene rings is 2. The molecule has 0 saturated carbocycles. The summed E-state index contributed by atoms with van der Waals surface area (Å²) in [6.45, 7) is 2.60. The topological polar surface area (TPSA) is 77.2 Å². The van der Waals surface area contributed by atoms with Gasteiger partial charge in [0.15, 0.2) is 0 Å². The lowest BCUT2D eigenvalue weighted by Crippen LogP contribution is -2.48. The van der Waals surface area contributed by atoms with Crippen LogP contribution < -0.4 is 15.5 Å². The Balaban J connectivity index is 1.61. The minimum absolute atomic E-state index is 0.179. The second-order valence-electron chi connectivity index (χ2n) is 6.86. The minimum Gasteiger partial charge on any atom is -0.373 e. The largest absolute Gasteiger partial charge is 0.373 e. The molecule has 1 aromatic heterocycles. The highest BCUT2D eigenvalue weighted by Gasteiger charge is 2.21. The second kappa shape index (κ2) is 9.08. The fourth-order valence-corrected chi connectivity index (χ4v) is 3.26. The predicted molar refractivity (Wildman–Crippen MR) is 112 cm³/mol. The average Bonchev–Trinajstić information content (AvgIpc) is 3.10. The van der Waals surface area contributed by atoms with Gasteiger partial charge in [0.05, 0.1) is 0 Å². The number of likely N-dealkylation sites (N-methyl/N-ethyl adjacent to an activating group) is 1. The molecule has 146 valence electrons. The van der Waals surface area contributed by atoms with Crippen molar-refractivity contribution in [1.29, 1.82) is 0 Å². The molecular formula is C22H26N4O2. The van der Waals surface area contributed by atoms with E-state index in [0.717, 1.165) is 22.2 Å². The van der Waals surface area contributed by atoms with Crippen LogP contribution in [0.15, 0.2) is 60.8 Å². The fraction of sp³-hybridized carbons (Fsp3) is 0.273. The first-order chi connectivity index (χ1) is 13.5. The summed E-state index contributed by atoms with van der Waals surface area (Å²) in [6, 6.07) is 17.3. The van der Waals surface area contributed by atoms with Crippen molar-refractivity contribution in [1.82, 2.24) is 15.6 Å². The standard InChI is InChI=1S/C22H26N4O2/c1-16(27)25-21(14-17-15-24-20-11-7-6-10-19(17)20)22(28)23-12-13-26(2)18-8-4-3-5-9-18/h3-11,15,21,24H,12-14H2,1-2H3,(H,23,28)(H,25,27). The number of aromatic amines is 1. The summed E-state index contributed by atoms with van der Waals surface area (Å²) < 4.78 is 0. The molecule has 1 unspecified atom stereocenters. The van der Waals surface area contributed by atoms with Gasteiger partial charge in [-0.2, -0.15) is 0 Å². The summed E-state index contributed by atoms with van der Waals surface area (Å²) in [6.07, 6.45) is 2.33. The zero-order valence-corrected chi connectivity index (χ0v) is 16.2. The zero-order chi connectivity index (χ0) is 19.9. The number of anilines is 1. The summed E-state index contributed by atoms with van der Waals surface area (Å²) >= 11 is 0. The fourth-order valence-electron chi connectivity index (χ4n) is 3.26. The SMILES string of the molecule is CC(=O)NC(Cc1c[nH]c2ccccc12)C(=O)NCCN(C)c1ccccc1. The number of H-pyrrole nitrogens is 1. The van der Waals surface area contributed by atoms with Crippen molar-refractivity contribution in [3.05, 3.63) is 66.4 Å². The molecule has 3 rings (SSSR count). The number of nitrogens with zero attached hydrogens (tertiary/aromatic N) is 1. The first-order valence-electron chi connectivity index (χ1n) is 9.40. The smallest absolute Gasteiger partial charge is 0.242 e. The molecule has 6 nitrogen and oxygen atoms in total. The predicted octanol–water partition coefficient (Wildman–Crippen LogP) is 2.47. The maximum absolute atomic E-state index is 12.7. The van der Waals surface area contributed by atoms with E-state index in [1.807, 2.05) is 67.8 Å². The molecule has 0 saturated heterocycles. The van der Waals surface area contributed by atoms with Gasteiger partial charge < -0.3 is 20.5 Å².